The molecule has 1 aromatic rings. The molecule has 0 saturated carbocycles. The van der Waals surface area contributed by atoms with Crippen molar-refractivity contribution in [3.8, 4) is 0 Å². The van der Waals surface area contributed by atoms with E-state index in [4.69, 9.17) is 0 Å². The fourth-order valence-electron chi connectivity index (χ4n) is 2.28. The third-order valence-corrected chi connectivity index (χ3v) is 4.58. The van der Waals surface area contributed by atoms with Gasteiger partial charge < -0.3 is 10.2 Å². The average Bonchev–Trinajstić information content (AvgIpc) is 2.35. The molecule has 5 nitrogen and oxygen atoms in total. The molecule has 0 spiro atoms. The summed E-state index contributed by atoms with van der Waals surface area (Å²) in [7, 11) is 0.745. The van der Waals surface area contributed by atoms with Crippen LogP contribution in [0.25, 0.3) is 0 Å². The van der Waals surface area contributed by atoms with Crippen molar-refractivity contribution in [2.45, 2.75) is 25.7 Å². The van der Waals surface area contributed by atoms with Crippen molar-refractivity contribution in [1.82, 2.24) is 9.62 Å². The van der Waals surface area contributed by atoms with Gasteiger partial charge in [0.05, 0.1) is 4.90 Å². The largest absolute Gasteiger partial charge is 0.384 e. The van der Waals surface area contributed by atoms with E-state index in [2.05, 4.69) is 42.9 Å². The molecule has 0 aromatic heterocycles. The van der Waals surface area contributed by atoms with Crippen LogP contribution in [0.5, 0.6) is 0 Å². The molecule has 0 aliphatic carbocycles. The van der Waals surface area contributed by atoms with Crippen LogP contribution in [0.3, 0.4) is 0 Å². The summed E-state index contributed by atoms with van der Waals surface area (Å²) in [5.41, 5.74) is 1.06. The molecule has 0 bridgehead atoms. The van der Waals surface area contributed by atoms with Gasteiger partial charge in [0.2, 0.25) is 10.0 Å². The maximum Gasteiger partial charge on any atom is 0.240 e. The van der Waals surface area contributed by atoms with Gasteiger partial charge in [-0.25, -0.2) is 13.1 Å². The van der Waals surface area contributed by atoms with E-state index in [1.54, 1.807) is 31.2 Å². The molecule has 120 valence electrons. The molecule has 0 unspecified atom stereocenters. The van der Waals surface area contributed by atoms with Gasteiger partial charge in [0.15, 0.2) is 0 Å². The Morgan fingerprint density at radius 3 is 2.19 bits per heavy atom. The van der Waals surface area contributed by atoms with E-state index in [9.17, 15) is 8.42 Å². The van der Waals surface area contributed by atoms with Crippen molar-refractivity contribution in [3.05, 3.63) is 24.3 Å². The van der Waals surface area contributed by atoms with Gasteiger partial charge >= 0.3 is 0 Å². The summed E-state index contributed by atoms with van der Waals surface area (Å²) in [5, 5.41) is 3.36. The van der Waals surface area contributed by atoms with E-state index in [1.165, 1.54) is 0 Å². The topological polar surface area (TPSA) is 61.4 Å². The first kappa shape index (κ1) is 17.9. The van der Waals surface area contributed by atoms with Crippen LogP contribution < -0.4 is 10.0 Å². The number of hydrogen-bond donors (Lipinski definition) is 2. The van der Waals surface area contributed by atoms with Crippen LogP contribution in [0.4, 0.5) is 5.69 Å². The van der Waals surface area contributed by atoms with Gasteiger partial charge in [-0.05, 0) is 43.8 Å². The molecule has 0 radical (unpaired) electrons. The van der Waals surface area contributed by atoms with Gasteiger partial charge in [-0.15, -0.1) is 0 Å². The van der Waals surface area contributed by atoms with Crippen LogP contribution in [-0.4, -0.2) is 47.0 Å². The third kappa shape index (κ3) is 6.03. The highest BCUT2D eigenvalue weighted by atomic mass is 32.2. The minimum Gasteiger partial charge on any atom is -0.384 e. The van der Waals surface area contributed by atoms with E-state index in [0.29, 0.717) is 11.4 Å². The average molecular weight is 313 g/mol. The van der Waals surface area contributed by atoms with Crippen LogP contribution in [-0.2, 0) is 10.0 Å². The Labute approximate surface area is 128 Å². The Morgan fingerprint density at radius 2 is 1.71 bits per heavy atom. The molecule has 0 aliphatic rings. The SMILES string of the molecule is CCNS(=O)(=O)c1ccc(NCC(C)(C)CN(C)C)cc1. The number of nitrogens with zero attached hydrogens (tertiary/aromatic N) is 1. The number of anilines is 1. The highest BCUT2D eigenvalue weighted by Gasteiger charge is 2.18. The first-order valence-corrected chi connectivity index (χ1v) is 8.63. The zero-order valence-electron chi connectivity index (χ0n) is 13.6. The smallest absolute Gasteiger partial charge is 0.240 e. The van der Waals surface area contributed by atoms with Crippen molar-refractivity contribution < 1.29 is 8.42 Å². The molecule has 1 rings (SSSR count). The highest BCUT2D eigenvalue weighted by molar-refractivity contribution is 7.89. The van der Waals surface area contributed by atoms with Gasteiger partial charge in [0, 0.05) is 25.3 Å². The number of rotatable bonds is 8. The summed E-state index contributed by atoms with van der Waals surface area (Å²) in [5.74, 6) is 0. The quantitative estimate of drug-likeness (QED) is 0.770. The molecule has 0 saturated heterocycles. The monoisotopic (exact) mass is 313 g/mol. The van der Waals surface area contributed by atoms with E-state index in [1.807, 2.05) is 0 Å². The lowest BCUT2D eigenvalue weighted by atomic mass is 9.93. The first-order valence-electron chi connectivity index (χ1n) is 7.14. The zero-order chi connectivity index (χ0) is 16.1. The van der Waals surface area contributed by atoms with E-state index >= 15 is 0 Å². The van der Waals surface area contributed by atoms with E-state index in [0.717, 1.165) is 18.8 Å². The summed E-state index contributed by atoms with van der Waals surface area (Å²) in [4.78, 5) is 2.45. The summed E-state index contributed by atoms with van der Waals surface area (Å²) in [6, 6.07) is 6.85. The molecule has 0 fully saturated rings. The molecule has 6 heteroatoms. The fourth-order valence-corrected chi connectivity index (χ4v) is 3.32. The zero-order valence-corrected chi connectivity index (χ0v) is 14.4. The summed E-state index contributed by atoms with van der Waals surface area (Å²) in [6.45, 7) is 8.35. The number of benzene rings is 1. The lowest BCUT2D eigenvalue weighted by Crippen LogP contribution is -2.34. The summed E-state index contributed by atoms with van der Waals surface area (Å²) < 4.78 is 26.2. The second-order valence-electron chi connectivity index (χ2n) is 6.28. The van der Waals surface area contributed by atoms with Gasteiger partial charge in [-0.2, -0.15) is 0 Å². The third-order valence-electron chi connectivity index (χ3n) is 3.01. The molecule has 0 heterocycles. The van der Waals surface area contributed by atoms with Crippen LogP contribution >= 0.6 is 0 Å². The molecule has 21 heavy (non-hydrogen) atoms. The molecule has 0 aliphatic heterocycles. The maximum absolute atomic E-state index is 11.8. The second-order valence-corrected chi connectivity index (χ2v) is 8.05. The van der Waals surface area contributed by atoms with E-state index < -0.39 is 10.0 Å². The Bertz CT molecular complexity index is 537. The van der Waals surface area contributed by atoms with Crippen molar-refractivity contribution in [1.29, 1.82) is 0 Å². The predicted octanol–water partition coefficient (Wildman–Crippen LogP) is 1.98. The van der Waals surface area contributed by atoms with Crippen LogP contribution in [0.2, 0.25) is 0 Å². The molecular weight excluding hydrogens is 286 g/mol. The lowest BCUT2D eigenvalue weighted by Gasteiger charge is -2.28. The Kier molecular flexibility index (Phi) is 6.19. The molecular formula is C15H27N3O2S. The van der Waals surface area contributed by atoms with E-state index in [-0.39, 0.29) is 5.41 Å². The normalized spacial score (nSPS) is 12.7. The number of hydrogen-bond acceptors (Lipinski definition) is 4. The van der Waals surface area contributed by atoms with Crippen molar-refractivity contribution in [3.63, 3.8) is 0 Å². The molecule has 2 N–H and O–H groups in total. The van der Waals surface area contributed by atoms with Gasteiger partial charge in [0.25, 0.3) is 0 Å². The van der Waals surface area contributed by atoms with Crippen molar-refractivity contribution in [2.75, 3.05) is 39.0 Å². The van der Waals surface area contributed by atoms with Gasteiger partial charge in [-0.3, -0.25) is 0 Å². The van der Waals surface area contributed by atoms with Crippen molar-refractivity contribution in [2.24, 2.45) is 5.41 Å². The number of nitrogens with one attached hydrogen (secondary N) is 2. The molecule has 0 atom stereocenters. The standard InChI is InChI=1S/C15H27N3O2S/c1-6-17-21(19,20)14-9-7-13(8-10-14)16-11-15(2,3)12-18(4)5/h7-10,16-17H,6,11-12H2,1-5H3. The van der Waals surface area contributed by atoms with Crippen molar-refractivity contribution >= 4 is 15.7 Å². The van der Waals surface area contributed by atoms with Crippen LogP contribution in [0.15, 0.2) is 29.2 Å². The second kappa shape index (κ2) is 7.24. The fraction of sp³-hybridized carbons (Fsp3) is 0.600. The van der Waals surface area contributed by atoms with Gasteiger partial charge in [-0.1, -0.05) is 20.8 Å². The first-order chi connectivity index (χ1) is 9.66. The van der Waals surface area contributed by atoms with Gasteiger partial charge in [0.1, 0.15) is 0 Å². The highest BCUT2D eigenvalue weighted by Crippen LogP contribution is 2.19. The minimum atomic E-state index is -3.37. The summed E-state index contributed by atoms with van der Waals surface area (Å²) >= 11 is 0. The van der Waals surface area contributed by atoms with Crippen LogP contribution in [0.1, 0.15) is 20.8 Å². The lowest BCUT2D eigenvalue weighted by molar-refractivity contribution is 0.254. The maximum atomic E-state index is 11.8. The van der Waals surface area contributed by atoms with Crippen LogP contribution in [0, 0.1) is 5.41 Å². The molecule has 0 amide bonds. The predicted molar refractivity (Wildman–Crippen MR) is 88.1 cm³/mol. The summed E-state index contributed by atoms with van der Waals surface area (Å²) in [6.07, 6.45) is 0. The molecule has 1 aromatic carbocycles. The Hall–Kier alpha value is -1.11. The number of sulfonamides is 1. The Morgan fingerprint density at radius 1 is 1.14 bits per heavy atom. The minimum absolute atomic E-state index is 0.137. The Balaban J connectivity index is 2.68.